The Labute approximate surface area is 152 Å². The molecule has 2 aromatic heterocycles. The molecule has 1 amide bonds. The van der Waals surface area contributed by atoms with E-state index in [4.69, 9.17) is 7.80 Å². The van der Waals surface area contributed by atoms with E-state index in [1.807, 2.05) is 23.0 Å². The maximum Gasteiger partial charge on any atom is 0.280 e. The first-order valence-corrected chi connectivity index (χ1v) is 8.36. The Balaban J connectivity index is 2.24. The number of carbonyl (C=O) groups is 1. The molecule has 0 aromatic carbocycles. The topological polar surface area (TPSA) is 111 Å². The fourth-order valence-electron chi connectivity index (χ4n) is 2.06. The van der Waals surface area contributed by atoms with Crippen molar-refractivity contribution in [3.8, 4) is 0 Å². The monoisotopic (exact) mass is 449 g/mol. The lowest BCUT2D eigenvalue weighted by atomic mass is 10.2. The normalized spacial score (nSPS) is 12.7. The average molecular weight is 449 g/mol. The largest absolute Gasteiger partial charge is 0.379 e. The summed E-state index contributed by atoms with van der Waals surface area (Å²) in [6.45, 7) is 4.54. The third-order valence-corrected chi connectivity index (χ3v) is 3.87. The lowest BCUT2D eigenvalue weighted by Crippen LogP contribution is -2.22. The van der Waals surface area contributed by atoms with E-state index in [1.165, 1.54) is 0 Å². The molecule has 2 aromatic rings. The SMILES string of the molecule is COC(CCn1cnc2c(=O)[nH]c(NC(=O)C(C)C)nc21)COI. The molecule has 24 heavy (non-hydrogen) atoms. The number of aromatic amines is 1. The first-order chi connectivity index (χ1) is 11.5. The van der Waals surface area contributed by atoms with Crippen LogP contribution in [0.4, 0.5) is 5.95 Å². The van der Waals surface area contributed by atoms with Crippen molar-refractivity contribution in [3.63, 3.8) is 0 Å². The van der Waals surface area contributed by atoms with Gasteiger partial charge in [-0.25, -0.2) is 4.98 Å². The Morgan fingerprint density at radius 1 is 1.50 bits per heavy atom. The molecule has 0 saturated carbocycles. The number of hydrogen-bond acceptors (Lipinski definition) is 6. The molecule has 2 N–H and O–H groups in total. The fraction of sp³-hybridized carbons (Fsp3) is 0.571. The van der Waals surface area contributed by atoms with Crippen LogP contribution in [-0.2, 0) is 19.1 Å². The third-order valence-electron chi connectivity index (χ3n) is 3.51. The predicted octanol–water partition coefficient (Wildman–Crippen LogP) is 1.49. The van der Waals surface area contributed by atoms with Crippen LogP contribution >= 0.6 is 23.0 Å². The molecule has 0 aliphatic rings. The maximum absolute atomic E-state index is 12.1. The van der Waals surface area contributed by atoms with E-state index in [9.17, 15) is 9.59 Å². The molecule has 132 valence electrons. The molecule has 0 bridgehead atoms. The summed E-state index contributed by atoms with van der Waals surface area (Å²) in [5.74, 6) is -0.319. The van der Waals surface area contributed by atoms with Crippen LogP contribution in [0.25, 0.3) is 11.2 Å². The molecule has 1 unspecified atom stereocenters. The van der Waals surface area contributed by atoms with Crippen LogP contribution < -0.4 is 10.9 Å². The van der Waals surface area contributed by atoms with E-state index in [1.54, 1.807) is 31.9 Å². The van der Waals surface area contributed by atoms with E-state index in [0.717, 1.165) is 0 Å². The number of H-pyrrole nitrogens is 1. The Morgan fingerprint density at radius 2 is 2.25 bits per heavy atom. The Kier molecular flexibility index (Phi) is 6.69. The van der Waals surface area contributed by atoms with Gasteiger partial charge in [-0.2, -0.15) is 4.98 Å². The van der Waals surface area contributed by atoms with Gasteiger partial charge in [0, 0.05) is 19.6 Å². The number of aromatic nitrogens is 4. The highest BCUT2D eigenvalue weighted by Gasteiger charge is 2.15. The van der Waals surface area contributed by atoms with Gasteiger partial charge in [-0.05, 0) is 6.42 Å². The van der Waals surface area contributed by atoms with Crippen molar-refractivity contribution in [1.82, 2.24) is 19.5 Å². The van der Waals surface area contributed by atoms with E-state index in [-0.39, 0.29) is 29.4 Å². The highest BCUT2D eigenvalue weighted by molar-refractivity contribution is 14.1. The summed E-state index contributed by atoms with van der Waals surface area (Å²) < 4.78 is 12.1. The van der Waals surface area contributed by atoms with Crippen molar-refractivity contribution in [2.75, 3.05) is 19.0 Å². The second-order valence-corrected chi connectivity index (χ2v) is 6.21. The number of amides is 1. The average Bonchev–Trinajstić information content (AvgIpc) is 2.94. The number of imidazole rings is 1. The minimum atomic E-state index is -0.392. The van der Waals surface area contributed by atoms with Crippen LogP contribution in [0.3, 0.4) is 0 Å². The van der Waals surface area contributed by atoms with Gasteiger partial charge >= 0.3 is 0 Å². The Morgan fingerprint density at radius 3 is 2.88 bits per heavy atom. The van der Waals surface area contributed by atoms with Crippen LogP contribution in [0.1, 0.15) is 20.3 Å². The number of hydrogen-bond donors (Lipinski definition) is 2. The highest BCUT2D eigenvalue weighted by atomic mass is 127. The second kappa shape index (κ2) is 8.53. The molecular weight excluding hydrogens is 429 g/mol. The molecule has 0 aliphatic heterocycles. The van der Waals surface area contributed by atoms with E-state index >= 15 is 0 Å². The Hall–Kier alpha value is -1.53. The zero-order valence-electron chi connectivity index (χ0n) is 13.7. The molecule has 2 heterocycles. The van der Waals surface area contributed by atoms with Gasteiger partial charge in [0.2, 0.25) is 11.9 Å². The summed E-state index contributed by atoms with van der Waals surface area (Å²) in [7, 11) is 1.62. The van der Waals surface area contributed by atoms with Crippen LogP contribution in [0.15, 0.2) is 11.1 Å². The summed E-state index contributed by atoms with van der Waals surface area (Å²) in [4.78, 5) is 34.8. The molecule has 10 heteroatoms. The van der Waals surface area contributed by atoms with Gasteiger partial charge in [0.25, 0.3) is 5.56 Å². The zero-order chi connectivity index (χ0) is 17.7. The second-order valence-electron chi connectivity index (χ2n) is 5.59. The van der Waals surface area contributed by atoms with Crippen molar-refractivity contribution >= 4 is 46.0 Å². The van der Waals surface area contributed by atoms with E-state index in [0.29, 0.717) is 25.2 Å². The Bertz CT molecular complexity index is 757. The lowest BCUT2D eigenvalue weighted by molar-refractivity contribution is -0.118. The maximum atomic E-state index is 12.1. The van der Waals surface area contributed by atoms with Crippen molar-refractivity contribution in [2.45, 2.75) is 32.9 Å². The smallest absolute Gasteiger partial charge is 0.280 e. The molecule has 0 aliphatic carbocycles. The van der Waals surface area contributed by atoms with Gasteiger partial charge in [0.05, 0.1) is 19.0 Å². The van der Waals surface area contributed by atoms with Gasteiger partial charge < -0.3 is 12.4 Å². The van der Waals surface area contributed by atoms with Crippen molar-refractivity contribution in [3.05, 3.63) is 16.7 Å². The highest BCUT2D eigenvalue weighted by Crippen LogP contribution is 2.11. The first kappa shape index (κ1) is 18.8. The fourth-order valence-corrected chi connectivity index (χ4v) is 2.46. The van der Waals surface area contributed by atoms with E-state index < -0.39 is 5.56 Å². The van der Waals surface area contributed by atoms with E-state index in [2.05, 4.69) is 20.3 Å². The molecular formula is C14H20IN5O4. The number of halogens is 1. The summed E-state index contributed by atoms with van der Waals surface area (Å²) in [5, 5.41) is 2.60. The molecule has 2 rings (SSSR count). The molecule has 0 radical (unpaired) electrons. The lowest BCUT2D eigenvalue weighted by Gasteiger charge is -2.13. The summed E-state index contributed by atoms with van der Waals surface area (Å²) in [6, 6.07) is 0. The summed E-state index contributed by atoms with van der Waals surface area (Å²) in [5.41, 5.74) is 0.261. The number of rotatable bonds is 8. The number of methoxy groups -OCH3 is 1. The predicted molar refractivity (Wildman–Crippen MR) is 97.0 cm³/mol. The molecule has 0 fully saturated rings. The molecule has 9 nitrogen and oxygen atoms in total. The minimum Gasteiger partial charge on any atom is -0.379 e. The quantitative estimate of drug-likeness (QED) is 0.591. The standard InChI is InChI=1S/C14H20IN5O4/c1-8(2)12(21)18-14-17-11-10(13(22)19-14)16-7-20(11)5-4-9(23-3)6-24-15/h7-9H,4-6H2,1-3H3,(H2,17,18,19,21,22). The number of fused-ring (bicyclic) bond motifs is 1. The molecule has 0 saturated heterocycles. The third kappa shape index (κ3) is 4.51. The van der Waals surface area contributed by atoms with Gasteiger partial charge in [-0.3, -0.25) is 19.9 Å². The van der Waals surface area contributed by atoms with Gasteiger partial charge in [0.1, 0.15) is 23.0 Å². The first-order valence-electron chi connectivity index (χ1n) is 7.48. The molecule has 0 spiro atoms. The number of ether oxygens (including phenoxy) is 1. The van der Waals surface area contributed by atoms with Crippen LogP contribution in [0.5, 0.6) is 0 Å². The van der Waals surface area contributed by atoms with Crippen molar-refractivity contribution < 1.29 is 12.6 Å². The van der Waals surface area contributed by atoms with Crippen LogP contribution in [0.2, 0.25) is 0 Å². The van der Waals surface area contributed by atoms with Gasteiger partial charge in [-0.15, -0.1) is 0 Å². The summed E-state index contributed by atoms with van der Waals surface area (Å²) >= 11 is 1.82. The van der Waals surface area contributed by atoms with Crippen molar-refractivity contribution in [2.24, 2.45) is 5.92 Å². The minimum absolute atomic E-state index is 0.0681. The number of nitrogens with zero attached hydrogens (tertiary/aromatic N) is 3. The number of anilines is 1. The van der Waals surface area contributed by atoms with Crippen LogP contribution in [-0.4, -0.2) is 45.2 Å². The zero-order valence-corrected chi connectivity index (χ0v) is 15.9. The number of carbonyl (C=O) groups excluding carboxylic acids is 1. The summed E-state index contributed by atoms with van der Waals surface area (Å²) in [6.07, 6.45) is 2.16. The number of aryl methyl sites for hydroxylation is 1. The number of nitrogens with one attached hydrogen (secondary N) is 2. The molecule has 1 atom stereocenters. The van der Waals surface area contributed by atoms with Crippen molar-refractivity contribution in [1.29, 1.82) is 0 Å². The van der Waals surface area contributed by atoms with Gasteiger partial charge in [-0.1, -0.05) is 13.8 Å². The van der Waals surface area contributed by atoms with Crippen LogP contribution in [0, 0.1) is 5.92 Å². The van der Waals surface area contributed by atoms with Gasteiger partial charge in [0.15, 0.2) is 11.2 Å².